The van der Waals surface area contributed by atoms with Gasteiger partial charge in [-0.05, 0) is 38.5 Å². The first kappa shape index (κ1) is 19.0. The number of carbonyl (C=O) groups excluding carboxylic acids is 2. The van der Waals surface area contributed by atoms with Gasteiger partial charge >= 0.3 is 6.18 Å². The van der Waals surface area contributed by atoms with Crippen molar-refractivity contribution in [3.05, 3.63) is 29.8 Å². The fourth-order valence-corrected chi connectivity index (χ4v) is 1.76. The van der Waals surface area contributed by atoms with Crippen LogP contribution in [-0.4, -0.2) is 18.4 Å². The van der Waals surface area contributed by atoms with Crippen molar-refractivity contribution in [3.8, 4) is 0 Å². The number of carbonyl (C=O) groups is 2. The van der Waals surface area contributed by atoms with Crippen molar-refractivity contribution < 1.29 is 22.8 Å². The molecule has 128 valence electrons. The number of amides is 2. The second-order valence-corrected chi connectivity index (χ2v) is 5.77. The van der Waals surface area contributed by atoms with Gasteiger partial charge in [-0.3, -0.25) is 9.59 Å². The summed E-state index contributed by atoms with van der Waals surface area (Å²) < 4.78 is 38.0. The lowest BCUT2D eigenvalue weighted by Gasteiger charge is -2.23. The van der Waals surface area contributed by atoms with E-state index in [4.69, 9.17) is 0 Å². The van der Waals surface area contributed by atoms with Gasteiger partial charge in [0.25, 0.3) is 0 Å². The van der Waals surface area contributed by atoms with Gasteiger partial charge in [-0.15, -0.1) is 0 Å². The number of unbranched alkanes of at least 4 members (excludes halogenated alkanes) is 1. The van der Waals surface area contributed by atoms with Crippen LogP contribution in [0.5, 0.6) is 0 Å². The zero-order valence-electron chi connectivity index (χ0n) is 13.4. The number of nitrogens with one attached hydrogen (secondary N) is 2. The Bertz CT molecular complexity index is 569. The maximum atomic E-state index is 12.7. The van der Waals surface area contributed by atoms with Crippen LogP contribution in [0.2, 0.25) is 0 Å². The van der Waals surface area contributed by atoms with Gasteiger partial charge in [-0.1, -0.05) is 19.4 Å². The molecule has 1 aromatic rings. The first-order valence-corrected chi connectivity index (χ1v) is 7.36. The largest absolute Gasteiger partial charge is 0.416 e. The molecule has 23 heavy (non-hydrogen) atoms. The molecule has 0 aliphatic rings. The van der Waals surface area contributed by atoms with Crippen LogP contribution in [0.15, 0.2) is 24.3 Å². The summed E-state index contributed by atoms with van der Waals surface area (Å²) in [7, 11) is 0. The second-order valence-electron chi connectivity index (χ2n) is 5.77. The molecule has 0 heterocycles. The van der Waals surface area contributed by atoms with Gasteiger partial charge in [0.05, 0.1) is 5.56 Å². The highest BCUT2D eigenvalue weighted by Crippen LogP contribution is 2.31. The van der Waals surface area contributed by atoms with Crippen LogP contribution in [-0.2, 0) is 15.8 Å². The molecule has 0 radical (unpaired) electrons. The Morgan fingerprint density at radius 2 is 1.78 bits per heavy atom. The van der Waals surface area contributed by atoms with Crippen molar-refractivity contribution in [1.29, 1.82) is 0 Å². The molecule has 0 aromatic heterocycles. The third-order valence-corrected chi connectivity index (χ3v) is 3.40. The first-order valence-electron chi connectivity index (χ1n) is 7.36. The molecule has 1 aromatic carbocycles. The highest BCUT2D eigenvalue weighted by Gasteiger charge is 2.36. The minimum Gasteiger partial charge on any atom is -0.355 e. The van der Waals surface area contributed by atoms with E-state index < -0.39 is 29.0 Å². The third-order valence-electron chi connectivity index (χ3n) is 3.40. The predicted molar refractivity (Wildman–Crippen MR) is 81.8 cm³/mol. The number of hydrogen-bond acceptors (Lipinski definition) is 2. The molecule has 0 bridgehead atoms. The molecule has 0 atom stereocenters. The van der Waals surface area contributed by atoms with Gasteiger partial charge in [-0.25, -0.2) is 0 Å². The number of benzene rings is 1. The summed E-state index contributed by atoms with van der Waals surface area (Å²) in [6, 6.07) is 4.30. The van der Waals surface area contributed by atoms with E-state index in [-0.39, 0.29) is 5.69 Å². The third kappa shape index (κ3) is 5.26. The van der Waals surface area contributed by atoms with Crippen LogP contribution >= 0.6 is 0 Å². The molecule has 0 spiro atoms. The topological polar surface area (TPSA) is 58.2 Å². The van der Waals surface area contributed by atoms with E-state index in [1.165, 1.54) is 26.0 Å². The average molecular weight is 330 g/mol. The highest BCUT2D eigenvalue weighted by molar-refractivity contribution is 6.09. The van der Waals surface area contributed by atoms with Crippen molar-refractivity contribution in [2.75, 3.05) is 11.9 Å². The standard InChI is InChI=1S/C16H21F3N2O2/c1-4-5-9-20-13(22)15(2,3)14(23)21-12-8-6-7-11(10-12)16(17,18)19/h6-8,10H,4-5,9H2,1-3H3,(H,20,22)(H,21,23). The Morgan fingerprint density at radius 3 is 2.35 bits per heavy atom. The van der Waals surface area contributed by atoms with Gasteiger partial charge in [0, 0.05) is 12.2 Å². The minimum absolute atomic E-state index is 0.000687. The molecule has 2 N–H and O–H groups in total. The molecule has 0 aliphatic heterocycles. The van der Waals surface area contributed by atoms with Crippen LogP contribution in [0.25, 0.3) is 0 Å². The van der Waals surface area contributed by atoms with Crippen LogP contribution < -0.4 is 10.6 Å². The maximum absolute atomic E-state index is 12.7. The summed E-state index contributed by atoms with van der Waals surface area (Å²) in [5.41, 5.74) is -2.25. The quantitative estimate of drug-likeness (QED) is 0.619. The summed E-state index contributed by atoms with van der Waals surface area (Å²) in [6.45, 7) is 5.28. The van der Waals surface area contributed by atoms with E-state index in [2.05, 4.69) is 10.6 Å². The Morgan fingerprint density at radius 1 is 1.13 bits per heavy atom. The van der Waals surface area contributed by atoms with Gasteiger partial charge < -0.3 is 10.6 Å². The lowest BCUT2D eigenvalue weighted by Crippen LogP contribution is -2.45. The number of halogens is 3. The second kappa shape index (κ2) is 7.48. The molecular formula is C16H21F3N2O2. The summed E-state index contributed by atoms with van der Waals surface area (Å²) >= 11 is 0. The molecule has 1 rings (SSSR count). The fourth-order valence-electron chi connectivity index (χ4n) is 1.76. The van der Waals surface area contributed by atoms with Crippen molar-refractivity contribution in [2.45, 2.75) is 39.8 Å². The van der Waals surface area contributed by atoms with Gasteiger partial charge in [-0.2, -0.15) is 13.2 Å². The lowest BCUT2D eigenvalue weighted by atomic mass is 9.91. The van der Waals surface area contributed by atoms with Crippen molar-refractivity contribution >= 4 is 17.5 Å². The Hall–Kier alpha value is -2.05. The zero-order chi connectivity index (χ0) is 17.7. The Labute approximate surface area is 133 Å². The average Bonchev–Trinajstić information content (AvgIpc) is 2.46. The molecule has 7 heteroatoms. The minimum atomic E-state index is -4.49. The van der Waals surface area contributed by atoms with Crippen LogP contribution in [0.4, 0.5) is 18.9 Å². The highest BCUT2D eigenvalue weighted by atomic mass is 19.4. The van der Waals surface area contributed by atoms with Gasteiger partial charge in [0.2, 0.25) is 11.8 Å². The summed E-state index contributed by atoms with van der Waals surface area (Å²) in [4.78, 5) is 24.3. The molecule has 2 amide bonds. The van der Waals surface area contributed by atoms with Crippen LogP contribution in [0.1, 0.15) is 39.2 Å². The number of anilines is 1. The monoisotopic (exact) mass is 330 g/mol. The molecule has 0 fully saturated rings. The summed E-state index contributed by atoms with van der Waals surface area (Å²) in [5.74, 6) is -1.12. The first-order chi connectivity index (χ1) is 10.6. The zero-order valence-corrected chi connectivity index (χ0v) is 13.4. The van der Waals surface area contributed by atoms with E-state index in [1.807, 2.05) is 6.92 Å². The van der Waals surface area contributed by atoms with E-state index in [0.717, 1.165) is 25.0 Å². The molecule has 0 aliphatic carbocycles. The van der Waals surface area contributed by atoms with Crippen molar-refractivity contribution in [3.63, 3.8) is 0 Å². The normalized spacial score (nSPS) is 11.9. The van der Waals surface area contributed by atoms with Crippen LogP contribution in [0, 0.1) is 5.41 Å². The molecular weight excluding hydrogens is 309 g/mol. The smallest absolute Gasteiger partial charge is 0.355 e. The molecule has 0 saturated heterocycles. The fraction of sp³-hybridized carbons (Fsp3) is 0.500. The Kier molecular flexibility index (Phi) is 6.18. The van der Waals surface area contributed by atoms with E-state index in [9.17, 15) is 22.8 Å². The SMILES string of the molecule is CCCCNC(=O)C(C)(C)C(=O)Nc1cccc(C(F)(F)F)c1. The molecule has 0 unspecified atom stereocenters. The van der Waals surface area contributed by atoms with Crippen molar-refractivity contribution in [2.24, 2.45) is 5.41 Å². The van der Waals surface area contributed by atoms with E-state index >= 15 is 0 Å². The summed E-state index contributed by atoms with van der Waals surface area (Å²) in [5, 5.41) is 5.01. The van der Waals surface area contributed by atoms with E-state index in [0.29, 0.717) is 6.54 Å². The lowest BCUT2D eigenvalue weighted by molar-refractivity contribution is -0.139. The van der Waals surface area contributed by atoms with Gasteiger partial charge in [0.15, 0.2) is 0 Å². The predicted octanol–water partition coefficient (Wildman–Crippen LogP) is 3.59. The molecule has 4 nitrogen and oxygen atoms in total. The van der Waals surface area contributed by atoms with Gasteiger partial charge in [0.1, 0.15) is 5.41 Å². The number of hydrogen-bond donors (Lipinski definition) is 2. The number of alkyl halides is 3. The summed E-state index contributed by atoms with van der Waals surface area (Å²) in [6.07, 6.45) is -2.80. The molecule has 0 saturated carbocycles. The number of rotatable bonds is 6. The van der Waals surface area contributed by atoms with E-state index in [1.54, 1.807) is 0 Å². The Balaban J connectivity index is 2.80. The maximum Gasteiger partial charge on any atom is 0.416 e. The van der Waals surface area contributed by atoms with Crippen molar-refractivity contribution in [1.82, 2.24) is 5.32 Å². The van der Waals surface area contributed by atoms with Crippen LogP contribution in [0.3, 0.4) is 0 Å².